The van der Waals surface area contributed by atoms with Gasteiger partial charge in [0.1, 0.15) is 5.75 Å². The zero-order chi connectivity index (χ0) is 12.0. The van der Waals surface area contributed by atoms with E-state index in [0.717, 1.165) is 4.90 Å². The molecule has 1 aromatic carbocycles. The summed E-state index contributed by atoms with van der Waals surface area (Å²) in [5.41, 5.74) is 0. The fraction of sp³-hybridized carbons (Fsp3) is 0.455. The standard InChI is InChI=1S/C11H16O3S2/c1-2-7-16(13,14)8-6-15-11-5-3-4-10(12)9-11/h3-5,9,12H,2,6-8H2,1H3. The molecule has 90 valence electrons. The van der Waals surface area contributed by atoms with Crippen LogP contribution in [0.5, 0.6) is 5.75 Å². The molecule has 0 aromatic heterocycles. The van der Waals surface area contributed by atoms with Gasteiger partial charge in [-0.05, 0) is 24.6 Å². The van der Waals surface area contributed by atoms with Gasteiger partial charge in [-0.2, -0.15) is 0 Å². The first-order chi connectivity index (χ1) is 7.53. The van der Waals surface area contributed by atoms with Gasteiger partial charge in [0.05, 0.1) is 5.75 Å². The molecule has 0 fully saturated rings. The second-order valence-corrected chi connectivity index (χ2v) is 6.97. The van der Waals surface area contributed by atoms with Crippen LogP contribution in [0.3, 0.4) is 0 Å². The number of benzene rings is 1. The van der Waals surface area contributed by atoms with Crippen LogP contribution in [0.15, 0.2) is 29.2 Å². The van der Waals surface area contributed by atoms with E-state index in [0.29, 0.717) is 12.2 Å². The third kappa shape index (κ3) is 4.90. The van der Waals surface area contributed by atoms with Gasteiger partial charge in [-0.3, -0.25) is 0 Å². The first-order valence-electron chi connectivity index (χ1n) is 5.16. The highest BCUT2D eigenvalue weighted by molar-refractivity contribution is 8.00. The highest BCUT2D eigenvalue weighted by atomic mass is 32.2. The van der Waals surface area contributed by atoms with Crippen molar-refractivity contribution >= 4 is 21.6 Å². The van der Waals surface area contributed by atoms with Gasteiger partial charge in [-0.1, -0.05) is 13.0 Å². The van der Waals surface area contributed by atoms with Gasteiger partial charge >= 0.3 is 0 Å². The van der Waals surface area contributed by atoms with E-state index in [9.17, 15) is 13.5 Å². The summed E-state index contributed by atoms with van der Waals surface area (Å²) in [5.74, 6) is 1.20. The highest BCUT2D eigenvalue weighted by Crippen LogP contribution is 2.22. The second kappa shape index (κ2) is 6.15. The monoisotopic (exact) mass is 260 g/mol. The maximum absolute atomic E-state index is 11.4. The van der Waals surface area contributed by atoms with Crippen LogP contribution < -0.4 is 0 Å². The van der Waals surface area contributed by atoms with Crippen molar-refractivity contribution in [2.24, 2.45) is 0 Å². The lowest BCUT2D eigenvalue weighted by atomic mass is 10.3. The molecule has 1 aromatic rings. The Bertz CT molecular complexity index is 427. The minimum Gasteiger partial charge on any atom is -0.508 e. The molecule has 3 nitrogen and oxygen atoms in total. The summed E-state index contributed by atoms with van der Waals surface area (Å²) in [5, 5.41) is 9.22. The molecular formula is C11H16O3S2. The van der Waals surface area contributed by atoms with Crippen LogP contribution >= 0.6 is 11.8 Å². The van der Waals surface area contributed by atoms with Crippen molar-refractivity contribution in [3.05, 3.63) is 24.3 Å². The molecule has 0 saturated carbocycles. The summed E-state index contributed by atoms with van der Waals surface area (Å²) < 4.78 is 22.8. The maximum atomic E-state index is 11.4. The molecule has 0 unspecified atom stereocenters. The SMILES string of the molecule is CCCS(=O)(=O)CCSc1cccc(O)c1. The van der Waals surface area contributed by atoms with E-state index in [2.05, 4.69) is 0 Å². The van der Waals surface area contributed by atoms with Crippen LogP contribution in [-0.4, -0.2) is 30.8 Å². The Kier molecular flexibility index (Phi) is 5.15. The van der Waals surface area contributed by atoms with Crippen molar-refractivity contribution in [1.29, 1.82) is 0 Å². The molecule has 0 saturated heterocycles. The van der Waals surface area contributed by atoms with Gasteiger partial charge < -0.3 is 5.11 Å². The Hall–Kier alpha value is -0.680. The molecule has 0 aliphatic rings. The minimum absolute atomic E-state index is 0.196. The Morgan fingerprint density at radius 1 is 1.31 bits per heavy atom. The Balaban J connectivity index is 2.42. The third-order valence-electron chi connectivity index (χ3n) is 2.00. The predicted molar refractivity (Wildman–Crippen MR) is 67.8 cm³/mol. The van der Waals surface area contributed by atoms with Crippen LogP contribution in [0, 0.1) is 0 Å². The lowest BCUT2D eigenvalue weighted by Crippen LogP contribution is -2.12. The van der Waals surface area contributed by atoms with E-state index in [1.807, 2.05) is 13.0 Å². The summed E-state index contributed by atoms with van der Waals surface area (Å²) in [7, 11) is -2.90. The van der Waals surface area contributed by atoms with Crippen molar-refractivity contribution in [2.75, 3.05) is 17.3 Å². The first-order valence-corrected chi connectivity index (χ1v) is 7.96. The first kappa shape index (κ1) is 13.4. The third-order valence-corrected chi connectivity index (χ3v) is 5.11. The quantitative estimate of drug-likeness (QED) is 0.797. The number of phenols is 1. The number of phenolic OH excluding ortho intramolecular Hbond substituents is 1. The van der Waals surface area contributed by atoms with Crippen LogP contribution in [0.1, 0.15) is 13.3 Å². The molecule has 1 rings (SSSR count). The molecule has 0 aliphatic carbocycles. The summed E-state index contributed by atoms with van der Waals surface area (Å²) in [6.07, 6.45) is 0.666. The van der Waals surface area contributed by atoms with Crippen molar-refractivity contribution < 1.29 is 13.5 Å². The van der Waals surface area contributed by atoms with E-state index in [4.69, 9.17) is 0 Å². The number of thioether (sulfide) groups is 1. The van der Waals surface area contributed by atoms with Gasteiger partial charge in [-0.15, -0.1) is 11.8 Å². The zero-order valence-corrected chi connectivity index (χ0v) is 10.9. The lowest BCUT2D eigenvalue weighted by Gasteiger charge is -2.03. The van der Waals surface area contributed by atoms with Crippen LogP contribution in [0.2, 0.25) is 0 Å². The summed E-state index contributed by atoms with van der Waals surface area (Å²) in [4.78, 5) is 0.895. The number of hydrogen-bond donors (Lipinski definition) is 1. The fourth-order valence-electron chi connectivity index (χ4n) is 1.27. The molecule has 0 radical (unpaired) electrons. The normalized spacial score (nSPS) is 11.6. The maximum Gasteiger partial charge on any atom is 0.151 e. The molecule has 0 amide bonds. The zero-order valence-electron chi connectivity index (χ0n) is 9.22. The smallest absolute Gasteiger partial charge is 0.151 e. The molecule has 0 aliphatic heterocycles. The average molecular weight is 260 g/mol. The van der Waals surface area contributed by atoms with Gasteiger partial charge in [0, 0.05) is 16.4 Å². The largest absolute Gasteiger partial charge is 0.508 e. The topological polar surface area (TPSA) is 54.4 Å². The summed E-state index contributed by atoms with van der Waals surface area (Å²) in [6, 6.07) is 6.84. The van der Waals surface area contributed by atoms with Crippen LogP contribution in [0.4, 0.5) is 0 Å². The molecule has 1 N–H and O–H groups in total. The molecule has 0 bridgehead atoms. The van der Waals surface area contributed by atoms with E-state index in [1.165, 1.54) is 11.8 Å². The Labute approximate surface area is 101 Å². The average Bonchev–Trinajstić information content (AvgIpc) is 2.17. The molecular weight excluding hydrogens is 244 g/mol. The number of sulfone groups is 1. The fourth-order valence-corrected chi connectivity index (χ4v) is 4.06. The van der Waals surface area contributed by atoms with Gasteiger partial charge in [0.2, 0.25) is 0 Å². The molecule has 16 heavy (non-hydrogen) atoms. The molecule has 5 heteroatoms. The minimum atomic E-state index is -2.90. The lowest BCUT2D eigenvalue weighted by molar-refractivity contribution is 0.474. The highest BCUT2D eigenvalue weighted by Gasteiger charge is 2.08. The van der Waals surface area contributed by atoms with E-state index >= 15 is 0 Å². The Morgan fingerprint density at radius 2 is 2.06 bits per heavy atom. The van der Waals surface area contributed by atoms with Crippen LogP contribution in [0.25, 0.3) is 0 Å². The molecule has 0 heterocycles. The van der Waals surface area contributed by atoms with Crippen LogP contribution in [-0.2, 0) is 9.84 Å². The summed E-state index contributed by atoms with van der Waals surface area (Å²) in [6.45, 7) is 1.86. The second-order valence-electron chi connectivity index (χ2n) is 3.50. The number of hydrogen-bond acceptors (Lipinski definition) is 4. The van der Waals surface area contributed by atoms with E-state index < -0.39 is 9.84 Å². The van der Waals surface area contributed by atoms with E-state index in [1.54, 1.807) is 18.2 Å². The van der Waals surface area contributed by atoms with E-state index in [-0.39, 0.29) is 17.3 Å². The number of rotatable bonds is 6. The van der Waals surface area contributed by atoms with Gasteiger partial charge in [0.25, 0.3) is 0 Å². The van der Waals surface area contributed by atoms with Gasteiger partial charge in [0.15, 0.2) is 9.84 Å². The van der Waals surface area contributed by atoms with Crippen molar-refractivity contribution in [1.82, 2.24) is 0 Å². The molecule has 0 spiro atoms. The Morgan fingerprint density at radius 3 is 2.69 bits per heavy atom. The van der Waals surface area contributed by atoms with Crippen molar-refractivity contribution in [3.8, 4) is 5.75 Å². The van der Waals surface area contributed by atoms with Crippen molar-refractivity contribution in [3.63, 3.8) is 0 Å². The molecule has 0 atom stereocenters. The predicted octanol–water partition coefficient (Wildman–Crippen LogP) is 2.31. The summed E-state index contributed by atoms with van der Waals surface area (Å²) >= 11 is 1.45. The van der Waals surface area contributed by atoms with Gasteiger partial charge in [-0.25, -0.2) is 8.42 Å². The van der Waals surface area contributed by atoms with Crippen molar-refractivity contribution in [2.45, 2.75) is 18.2 Å². The number of aromatic hydroxyl groups is 1.